The van der Waals surface area contributed by atoms with Gasteiger partial charge in [-0.05, 0) is 64.6 Å². The third-order valence-corrected chi connectivity index (χ3v) is 6.10. The molecule has 0 aliphatic heterocycles. The predicted molar refractivity (Wildman–Crippen MR) is 132 cm³/mol. The Morgan fingerprint density at radius 2 is 0.903 bits per heavy atom. The van der Waals surface area contributed by atoms with E-state index in [1.165, 1.54) is 54.9 Å². The van der Waals surface area contributed by atoms with Gasteiger partial charge in [-0.15, -0.1) is 0 Å². The lowest BCUT2D eigenvalue weighted by Crippen LogP contribution is -1.93. The van der Waals surface area contributed by atoms with Crippen LogP contribution in [0.3, 0.4) is 0 Å². The lowest BCUT2D eigenvalue weighted by atomic mass is 9.84. The van der Waals surface area contributed by atoms with E-state index in [9.17, 15) is 4.79 Å². The standard InChI is InChI=1S/C30H24O/c1-19-4-10-23(11-5-19)29-27-16-20(2)6-14-25(27)26-15-7-21(3)17-28(26)30(29)24-12-8-22(18-31)9-13-24/h4-18H,1-3H3. The molecule has 5 rings (SSSR count). The Morgan fingerprint density at radius 3 is 1.35 bits per heavy atom. The number of fused-ring (bicyclic) bond motifs is 3. The Morgan fingerprint density at radius 1 is 0.484 bits per heavy atom. The van der Waals surface area contributed by atoms with Gasteiger partial charge >= 0.3 is 0 Å². The molecular weight excluding hydrogens is 376 g/mol. The zero-order chi connectivity index (χ0) is 21.5. The molecular formula is C30H24O. The maximum Gasteiger partial charge on any atom is 0.150 e. The van der Waals surface area contributed by atoms with Gasteiger partial charge in [-0.2, -0.15) is 0 Å². The minimum absolute atomic E-state index is 0.692. The molecule has 150 valence electrons. The third kappa shape index (κ3) is 3.33. The molecule has 31 heavy (non-hydrogen) atoms. The van der Waals surface area contributed by atoms with E-state index in [-0.39, 0.29) is 0 Å². The summed E-state index contributed by atoms with van der Waals surface area (Å²) in [7, 11) is 0. The molecule has 0 unspecified atom stereocenters. The summed E-state index contributed by atoms with van der Waals surface area (Å²) in [5, 5.41) is 5.02. The van der Waals surface area contributed by atoms with Crippen molar-refractivity contribution in [3.63, 3.8) is 0 Å². The molecule has 5 aromatic carbocycles. The number of carbonyl (C=O) groups excluding carboxylic acids is 1. The molecule has 0 bridgehead atoms. The van der Waals surface area contributed by atoms with Gasteiger partial charge in [0, 0.05) is 5.56 Å². The fourth-order valence-electron chi connectivity index (χ4n) is 4.52. The zero-order valence-corrected chi connectivity index (χ0v) is 18.1. The van der Waals surface area contributed by atoms with Crippen LogP contribution in [0, 0.1) is 20.8 Å². The number of aldehydes is 1. The van der Waals surface area contributed by atoms with E-state index in [2.05, 4.69) is 93.6 Å². The molecule has 0 radical (unpaired) electrons. The zero-order valence-electron chi connectivity index (χ0n) is 18.1. The van der Waals surface area contributed by atoms with E-state index < -0.39 is 0 Å². The molecule has 0 atom stereocenters. The first-order valence-electron chi connectivity index (χ1n) is 10.6. The summed E-state index contributed by atoms with van der Waals surface area (Å²) in [5.74, 6) is 0. The molecule has 0 spiro atoms. The van der Waals surface area contributed by atoms with Crippen molar-refractivity contribution in [3.8, 4) is 22.3 Å². The molecule has 5 aromatic rings. The maximum atomic E-state index is 11.2. The molecule has 1 nitrogen and oxygen atoms in total. The number of hydrogen-bond acceptors (Lipinski definition) is 1. The Labute approximate surface area is 183 Å². The van der Waals surface area contributed by atoms with Gasteiger partial charge in [0.1, 0.15) is 6.29 Å². The van der Waals surface area contributed by atoms with Crippen molar-refractivity contribution in [2.45, 2.75) is 20.8 Å². The minimum atomic E-state index is 0.692. The van der Waals surface area contributed by atoms with Crippen LogP contribution in [0.25, 0.3) is 43.8 Å². The van der Waals surface area contributed by atoms with Crippen LogP contribution in [0.2, 0.25) is 0 Å². The van der Waals surface area contributed by atoms with Crippen molar-refractivity contribution < 1.29 is 4.79 Å². The van der Waals surface area contributed by atoms with Gasteiger partial charge in [-0.25, -0.2) is 0 Å². The first-order valence-corrected chi connectivity index (χ1v) is 10.6. The average molecular weight is 401 g/mol. The number of hydrogen-bond donors (Lipinski definition) is 0. The molecule has 0 aliphatic rings. The van der Waals surface area contributed by atoms with Gasteiger partial charge in [-0.1, -0.05) is 102 Å². The summed E-state index contributed by atoms with van der Waals surface area (Å²) in [4.78, 5) is 11.2. The molecule has 0 aliphatic carbocycles. The van der Waals surface area contributed by atoms with E-state index in [0.29, 0.717) is 5.56 Å². The smallest absolute Gasteiger partial charge is 0.150 e. The number of carbonyl (C=O) groups is 1. The van der Waals surface area contributed by atoms with Gasteiger partial charge in [-0.3, -0.25) is 4.79 Å². The van der Waals surface area contributed by atoms with Gasteiger partial charge in [0.25, 0.3) is 0 Å². The highest BCUT2D eigenvalue weighted by atomic mass is 16.1. The van der Waals surface area contributed by atoms with E-state index in [1.807, 2.05) is 12.1 Å². The fourth-order valence-corrected chi connectivity index (χ4v) is 4.52. The van der Waals surface area contributed by atoms with Crippen LogP contribution >= 0.6 is 0 Å². The van der Waals surface area contributed by atoms with Crippen LogP contribution in [-0.2, 0) is 0 Å². The van der Waals surface area contributed by atoms with Crippen molar-refractivity contribution in [2.24, 2.45) is 0 Å². The summed E-state index contributed by atoms with van der Waals surface area (Å²) >= 11 is 0. The summed E-state index contributed by atoms with van der Waals surface area (Å²) in [6, 6.07) is 30.2. The Kier molecular flexibility index (Phi) is 4.67. The average Bonchev–Trinajstić information content (AvgIpc) is 2.79. The van der Waals surface area contributed by atoms with E-state index in [4.69, 9.17) is 0 Å². The highest BCUT2D eigenvalue weighted by molar-refractivity contribution is 6.21. The summed E-state index contributed by atoms with van der Waals surface area (Å²) < 4.78 is 0. The molecule has 0 N–H and O–H groups in total. The monoisotopic (exact) mass is 400 g/mol. The molecule has 1 heteroatoms. The maximum absolute atomic E-state index is 11.2. The summed E-state index contributed by atoms with van der Waals surface area (Å²) in [6.45, 7) is 6.41. The second kappa shape index (κ2) is 7.52. The van der Waals surface area contributed by atoms with Gasteiger partial charge in [0.05, 0.1) is 0 Å². The number of benzene rings is 5. The topological polar surface area (TPSA) is 17.1 Å². The summed E-state index contributed by atoms with van der Waals surface area (Å²) in [5.41, 5.74) is 9.22. The van der Waals surface area contributed by atoms with Gasteiger partial charge in [0.15, 0.2) is 0 Å². The molecule has 0 saturated carbocycles. The second-order valence-corrected chi connectivity index (χ2v) is 8.45. The SMILES string of the molecule is Cc1ccc(-c2c(-c3ccc(C=O)cc3)c3cc(C)ccc3c3ccc(C)cc23)cc1. The first kappa shape index (κ1) is 19.3. The lowest BCUT2D eigenvalue weighted by molar-refractivity contribution is 0.112. The summed E-state index contributed by atoms with van der Waals surface area (Å²) in [6.07, 6.45) is 0.899. The van der Waals surface area contributed by atoms with Crippen molar-refractivity contribution in [2.75, 3.05) is 0 Å². The predicted octanol–water partition coefficient (Wildman–Crippen LogP) is 8.06. The molecule has 0 amide bonds. The second-order valence-electron chi connectivity index (χ2n) is 8.45. The van der Waals surface area contributed by atoms with Crippen molar-refractivity contribution in [1.82, 2.24) is 0 Å². The molecule has 0 saturated heterocycles. The van der Waals surface area contributed by atoms with Crippen LogP contribution in [-0.4, -0.2) is 6.29 Å². The van der Waals surface area contributed by atoms with Crippen molar-refractivity contribution >= 4 is 27.8 Å². The molecule has 0 aromatic heterocycles. The van der Waals surface area contributed by atoms with E-state index in [1.54, 1.807) is 0 Å². The van der Waals surface area contributed by atoms with Crippen LogP contribution in [0.1, 0.15) is 27.0 Å². The molecule has 0 heterocycles. The largest absolute Gasteiger partial charge is 0.298 e. The number of aryl methyl sites for hydroxylation is 3. The Hall–Kier alpha value is -3.71. The minimum Gasteiger partial charge on any atom is -0.298 e. The number of rotatable bonds is 3. The van der Waals surface area contributed by atoms with Crippen LogP contribution < -0.4 is 0 Å². The molecule has 0 fully saturated rings. The van der Waals surface area contributed by atoms with Crippen molar-refractivity contribution in [3.05, 3.63) is 107 Å². The Balaban J connectivity index is 2.01. The fraction of sp³-hybridized carbons (Fsp3) is 0.100. The Bertz CT molecular complexity index is 1440. The van der Waals surface area contributed by atoms with Gasteiger partial charge in [0.2, 0.25) is 0 Å². The van der Waals surface area contributed by atoms with Gasteiger partial charge < -0.3 is 0 Å². The van der Waals surface area contributed by atoms with Crippen LogP contribution in [0.4, 0.5) is 0 Å². The highest BCUT2D eigenvalue weighted by Crippen LogP contribution is 2.45. The van der Waals surface area contributed by atoms with Crippen molar-refractivity contribution in [1.29, 1.82) is 0 Å². The van der Waals surface area contributed by atoms with Crippen LogP contribution in [0.15, 0.2) is 84.9 Å². The third-order valence-electron chi connectivity index (χ3n) is 6.10. The highest BCUT2D eigenvalue weighted by Gasteiger charge is 2.18. The van der Waals surface area contributed by atoms with E-state index in [0.717, 1.165) is 11.8 Å². The van der Waals surface area contributed by atoms with Crippen LogP contribution in [0.5, 0.6) is 0 Å². The first-order chi connectivity index (χ1) is 15.0. The van der Waals surface area contributed by atoms with E-state index >= 15 is 0 Å². The lowest BCUT2D eigenvalue weighted by Gasteiger charge is -2.19. The quantitative estimate of drug-likeness (QED) is 0.221. The normalized spacial score (nSPS) is 11.2.